The third kappa shape index (κ3) is 3.18. The summed E-state index contributed by atoms with van der Waals surface area (Å²) < 4.78 is 0. The molecule has 2 rings (SSSR count). The number of nitriles is 1. The summed E-state index contributed by atoms with van der Waals surface area (Å²) in [7, 11) is 0. The lowest BCUT2D eigenvalue weighted by Crippen LogP contribution is -2.11. The van der Waals surface area contributed by atoms with Crippen molar-refractivity contribution in [3.63, 3.8) is 0 Å². The number of rotatable bonds is 3. The van der Waals surface area contributed by atoms with E-state index in [1.807, 2.05) is 6.07 Å². The molecule has 1 heterocycles. The number of amides is 1. The number of carbonyl (C=O) groups excluding carboxylic acids is 1. The van der Waals surface area contributed by atoms with E-state index in [0.29, 0.717) is 22.2 Å². The molecular formula is C14H13N3OS. The Bertz CT molecular complexity index is 640. The van der Waals surface area contributed by atoms with Crippen LogP contribution in [0.2, 0.25) is 0 Å². The lowest BCUT2D eigenvalue weighted by molar-refractivity contribution is 0.102. The topological polar surface area (TPSA) is 65.8 Å². The van der Waals surface area contributed by atoms with E-state index in [9.17, 15) is 4.79 Å². The molecule has 19 heavy (non-hydrogen) atoms. The Kier molecular flexibility index (Phi) is 3.93. The zero-order valence-corrected chi connectivity index (χ0v) is 11.5. The maximum absolute atomic E-state index is 12.0. The molecule has 0 fully saturated rings. The van der Waals surface area contributed by atoms with E-state index in [4.69, 9.17) is 5.26 Å². The van der Waals surface area contributed by atoms with Gasteiger partial charge in [0.25, 0.3) is 5.91 Å². The molecule has 1 N–H and O–H groups in total. The predicted molar refractivity (Wildman–Crippen MR) is 75.3 cm³/mol. The van der Waals surface area contributed by atoms with Gasteiger partial charge in [-0.05, 0) is 24.1 Å². The quantitative estimate of drug-likeness (QED) is 0.930. The molecule has 0 atom stereocenters. The minimum Gasteiger partial charge on any atom is -0.298 e. The van der Waals surface area contributed by atoms with E-state index in [-0.39, 0.29) is 5.91 Å². The van der Waals surface area contributed by atoms with Crippen LogP contribution in [-0.4, -0.2) is 10.9 Å². The molecule has 0 unspecified atom stereocenters. The van der Waals surface area contributed by atoms with Crippen molar-refractivity contribution in [1.29, 1.82) is 5.26 Å². The highest BCUT2D eigenvalue weighted by Crippen LogP contribution is 2.25. The molecule has 0 aliphatic carbocycles. The molecule has 0 bridgehead atoms. The van der Waals surface area contributed by atoms with E-state index in [1.54, 1.807) is 30.5 Å². The van der Waals surface area contributed by atoms with E-state index in [1.165, 1.54) is 11.3 Å². The second-order valence-corrected chi connectivity index (χ2v) is 5.43. The zero-order valence-electron chi connectivity index (χ0n) is 10.7. The van der Waals surface area contributed by atoms with Crippen LogP contribution >= 0.6 is 11.3 Å². The first-order valence-electron chi connectivity index (χ1n) is 5.87. The van der Waals surface area contributed by atoms with Crippen LogP contribution in [0.5, 0.6) is 0 Å². The SMILES string of the molecule is CC(C)c1cnc(NC(=O)c2cccc(C#N)c2)s1. The fourth-order valence-corrected chi connectivity index (χ4v) is 2.32. The Balaban J connectivity index is 2.14. The average Bonchev–Trinajstić information content (AvgIpc) is 2.87. The molecule has 2 aromatic rings. The van der Waals surface area contributed by atoms with Crippen LogP contribution in [0.1, 0.15) is 40.6 Å². The molecule has 4 nitrogen and oxygen atoms in total. The first-order chi connectivity index (χ1) is 9.10. The molecule has 0 spiro atoms. The van der Waals surface area contributed by atoms with Crippen LogP contribution in [0.4, 0.5) is 5.13 Å². The fourth-order valence-electron chi connectivity index (χ4n) is 1.51. The van der Waals surface area contributed by atoms with Gasteiger partial charge in [-0.15, -0.1) is 11.3 Å². The standard InChI is InChI=1S/C14H13N3OS/c1-9(2)12-8-16-14(19-12)17-13(18)11-5-3-4-10(6-11)7-15/h3-6,8-9H,1-2H3,(H,16,17,18). The molecule has 96 valence electrons. The third-order valence-electron chi connectivity index (χ3n) is 2.57. The number of anilines is 1. The number of benzene rings is 1. The van der Waals surface area contributed by atoms with Crippen LogP contribution in [0.3, 0.4) is 0 Å². The van der Waals surface area contributed by atoms with Crippen molar-refractivity contribution in [2.24, 2.45) is 0 Å². The van der Waals surface area contributed by atoms with Crippen molar-refractivity contribution in [3.05, 3.63) is 46.5 Å². The van der Waals surface area contributed by atoms with E-state index in [0.717, 1.165) is 4.88 Å². The van der Waals surface area contributed by atoms with Crippen molar-refractivity contribution < 1.29 is 4.79 Å². The van der Waals surface area contributed by atoms with Crippen molar-refractivity contribution in [2.75, 3.05) is 5.32 Å². The van der Waals surface area contributed by atoms with Gasteiger partial charge in [0.2, 0.25) is 0 Å². The van der Waals surface area contributed by atoms with Gasteiger partial charge in [-0.3, -0.25) is 10.1 Å². The van der Waals surface area contributed by atoms with Gasteiger partial charge in [-0.25, -0.2) is 4.98 Å². The number of thiazole rings is 1. The first kappa shape index (κ1) is 13.2. The Morgan fingerprint density at radius 3 is 2.89 bits per heavy atom. The highest BCUT2D eigenvalue weighted by Gasteiger charge is 2.10. The monoisotopic (exact) mass is 271 g/mol. The Hall–Kier alpha value is -2.19. The third-order valence-corrected chi connectivity index (χ3v) is 3.78. The van der Waals surface area contributed by atoms with Crippen LogP contribution < -0.4 is 5.32 Å². The van der Waals surface area contributed by atoms with Crippen LogP contribution in [0.15, 0.2) is 30.5 Å². The molecular weight excluding hydrogens is 258 g/mol. The van der Waals surface area contributed by atoms with Crippen LogP contribution in [-0.2, 0) is 0 Å². The average molecular weight is 271 g/mol. The minimum atomic E-state index is -0.248. The molecule has 1 amide bonds. The van der Waals surface area contributed by atoms with Gasteiger partial charge in [-0.1, -0.05) is 19.9 Å². The lowest BCUT2D eigenvalue weighted by atomic mass is 10.1. The number of hydrogen-bond donors (Lipinski definition) is 1. The molecule has 1 aromatic carbocycles. The Labute approximate surface area is 115 Å². The maximum Gasteiger partial charge on any atom is 0.257 e. The second-order valence-electron chi connectivity index (χ2n) is 4.37. The van der Waals surface area contributed by atoms with E-state index >= 15 is 0 Å². The van der Waals surface area contributed by atoms with Gasteiger partial charge in [0, 0.05) is 16.6 Å². The van der Waals surface area contributed by atoms with Crippen LogP contribution in [0, 0.1) is 11.3 Å². The largest absolute Gasteiger partial charge is 0.298 e. The van der Waals surface area contributed by atoms with Crippen molar-refractivity contribution in [3.8, 4) is 6.07 Å². The normalized spacial score (nSPS) is 10.2. The van der Waals surface area contributed by atoms with Gasteiger partial charge in [0.15, 0.2) is 5.13 Å². The van der Waals surface area contributed by atoms with E-state index < -0.39 is 0 Å². The van der Waals surface area contributed by atoms with Crippen molar-refractivity contribution in [2.45, 2.75) is 19.8 Å². The molecule has 5 heteroatoms. The second kappa shape index (κ2) is 5.63. The summed E-state index contributed by atoms with van der Waals surface area (Å²) >= 11 is 1.47. The summed E-state index contributed by atoms with van der Waals surface area (Å²) in [5.41, 5.74) is 0.926. The van der Waals surface area contributed by atoms with Gasteiger partial charge >= 0.3 is 0 Å². The lowest BCUT2D eigenvalue weighted by Gasteiger charge is -2.02. The summed E-state index contributed by atoms with van der Waals surface area (Å²) in [6.07, 6.45) is 1.77. The molecule has 0 aliphatic rings. The molecule has 0 saturated carbocycles. The Morgan fingerprint density at radius 2 is 2.26 bits per heavy atom. The van der Waals surface area contributed by atoms with Gasteiger partial charge < -0.3 is 0 Å². The molecule has 1 aromatic heterocycles. The van der Waals surface area contributed by atoms with Crippen molar-refractivity contribution >= 4 is 22.4 Å². The first-order valence-corrected chi connectivity index (χ1v) is 6.69. The summed E-state index contributed by atoms with van der Waals surface area (Å²) in [5, 5.41) is 12.1. The number of nitrogens with one attached hydrogen (secondary N) is 1. The van der Waals surface area contributed by atoms with Gasteiger partial charge in [-0.2, -0.15) is 5.26 Å². The molecule has 0 radical (unpaired) electrons. The van der Waals surface area contributed by atoms with Crippen molar-refractivity contribution in [1.82, 2.24) is 4.98 Å². The fraction of sp³-hybridized carbons (Fsp3) is 0.214. The number of nitrogens with zero attached hydrogens (tertiary/aromatic N) is 2. The number of aromatic nitrogens is 1. The highest BCUT2D eigenvalue weighted by atomic mass is 32.1. The highest BCUT2D eigenvalue weighted by molar-refractivity contribution is 7.15. The summed E-state index contributed by atoms with van der Waals surface area (Å²) in [6.45, 7) is 4.16. The van der Waals surface area contributed by atoms with Gasteiger partial charge in [0.1, 0.15) is 0 Å². The smallest absolute Gasteiger partial charge is 0.257 e. The molecule has 0 aliphatic heterocycles. The predicted octanol–water partition coefficient (Wildman–Crippen LogP) is 3.39. The summed E-state index contributed by atoms with van der Waals surface area (Å²) in [5.74, 6) is 0.145. The summed E-state index contributed by atoms with van der Waals surface area (Å²) in [6, 6.07) is 8.60. The summed E-state index contributed by atoms with van der Waals surface area (Å²) in [4.78, 5) is 17.3. The minimum absolute atomic E-state index is 0.248. The number of hydrogen-bond acceptors (Lipinski definition) is 4. The van der Waals surface area contributed by atoms with E-state index in [2.05, 4.69) is 24.1 Å². The van der Waals surface area contributed by atoms with Gasteiger partial charge in [0.05, 0.1) is 11.6 Å². The zero-order chi connectivity index (χ0) is 13.8. The maximum atomic E-state index is 12.0. The Morgan fingerprint density at radius 1 is 1.47 bits per heavy atom. The molecule has 0 saturated heterocycles. The number of carbonyl (C=O) groups is 1. The van der Waals surface area contributed by atoms with Crippen LogP contribution in [0.25, 0.3) is 0 Å².